The van der Waals surface area contributed by atoms with Gasteiger partial charge in [-0.1, -0.05) is 24.3 Å². The lowest BCUT2D eigenvalue weighted by molar-refractivity contribution is -0.134. The Morgan fingerprint density at radius 1 is 0.968 bits per heavy atom. The van der Waals surface area contributed by atoms with Gasteiger partial charge in [-0.25, -0.2) is 0 Å². The second kappa shape index (κ2) is 7.85. The maximum atomic E-state index is 12.7. The van der Waals surface area contributed by atoms with E-state index in [1.165, 1.54) is 38.5 Å². The second-order valence-corrected chi connectivity index (χ2v) is 10.3. The third-order valence-electron chi connectivity index (χ3n) is 7.99. The Hall–Kier alpha value is -2.56. The first kappa shape index (κ1) is 20.3. The first-order valence-electron chi connectivity index (χ1n) is 11.6. The van der Waals surface area contributed by atoms with Gasteiger partial charge in [-0.2, -0.15) is 0 Å². The van der Waals surface area contributed by atoms with E-state index in [1.807, 2.05) is 43.3 Å². The number of fused-ring (bicyclic) bond motifs is 1. The minimum Gasteiger partial charge on any atom is -0.497 e. The first-order valence-corrected chi connectivity index (χ1v) is 11.6. The normalized spacial score (nSPS) is 29.5. The number of methoxy groups -OCH3 is 1. The highest BCUT2D eigenvalue weighted by molar-refractivity contribution is 5.89. The molecule has 2 aromatic rings. The van der Waals surface area contributed by atoms with Crippen molar-refractivity contribution in [2.45, 2.75) is 57.8 Å². The molecule has 2 amide bonds. The van der Waals surface area contributed by atoms with Gasteiger partial charge in [-0.05, 0) is 97.1 Å². The van der Waals surface area contributed by atoms with E-state index >= 15 is 0 Å². The van der Waals surface area contributed by atoms with Crippen LogP contribution in [0, 0.1) is 23.2 Å². The van der Waals surface area contributed by atoms with Gasteiger partial charge in [-0.15, -0.1) is 0 Å². The monoisotopic (exact) mass is 420 g/mol. The summed E-state index contributed by atoms with van der Waals surface area (Å²) in [7, 11) is 1.65. The van der Waals surface area contributed by atoms with Crippen LogP contribution in [0.4, 0.5) is 0 Å². The highest BCUT2D eigenvalue weighted by Crippen LogP contribution is 2.61. The Bertz CT molecular complexity index is 980. The molecule has 0 aliphatic heterocycles. The Morgan fingerprint density at radius 3 is 2.23 bits per heavy atom. The molecule has 4 aliphatic carbocycles. The van der Waals surface area contributed by atoms with Crippen LogP contribution in [0.2, 0.25) is 0 Å². The topological polar surface area (TPSA) is 67.4 Å². The minimum atomic E-state index is -0.355. The fraction of sp³-hybridized carbons (Fsp3) is 0.538. The van der Waals surface area contributed by atoms with Gasteiger partial charge in [0.05, 0.1) is 13.0 Å². The molecule has 4 fully saturated rings. The van der Waals surface area contributed by atoms with Crippen molar-refractivity contribution in [3.63, 3.8) is 0 Å². The van der Waals surface area contributed by atoms with E-state index in [-0.39, 0.29) is 23.1 Å². The molecule has 4 saturated carbocycles. The van der Waals surface area contributed by atoms with Crippen molar-refractivity contribution in [2.75, 3.05) is 7.11 Å². The third kappa shape index (κ3) is 4.02. The number of carbonyl (C=O) groups excluding carboxylic acids is 2. The van der Waals surface area contributed by atoms with Crippen molar-refractivity contribution < 1.29 is 14.3 Å². The number of benzene rings is 2. The van der Waals surface area contributed by atoms with Gasteiger partial charge in [0.25, 0.3) is 0 Å². The van der Waals surface area contributed by atoms with E-state index < -0.39 is 0 Å². The zero-order chi connectivity index (χ0) is 21.6. The maximum absolute atomic E-state index is 12.7. The molecular weight excluding hydrogens is 388 g/mol. The molecule has 4 bridgehead atoms. The predicted molar refractivity (Wildman–Crippen MR) is 120 cm³/mol. The molecule has 6 rings (SSSR count). The molecule has 1 atom stereocenters. The van der Waals surface area contributed by atoms with Gasteiger partial charge < -0.3 is 4.74 Å². The number of hydrogen-bond donors (Lipinski definition) is 2. The zero-order valence-electron chi connectivity index (χ0n) is 18.4. The van der Waals surface area contributed by atoms with Crippen molar-refractivity contribution in [2.24, 2.45) is 23.2 Å². The smallest absolute Gasteiger partial charge is 0.245 e. The van der Waals surface area contributed by atoms with Gasteiger partial charge >= 0.3 is 0 Å². The number of amides is 2. The molecule has 2 aromatic carbocycles. The summed E-state index contributed by atoms with van der Waals surface area (Å²) >= 11 is 0. The van der Waals surface area contributed by atoms with Crippen LogP contribution in [0.5, 0.6) is 5.75 Å². The van der Waals surface area contributed by atoms with Crippen molar-refractivity contribution in [3.05, 3.63) is 42.0 Å². The van der Waals surface area contributed by atoms with Crippen LogP contribution in [-0.4, -0.2) is 18.9 Å². The highest BCUT2D eigenvalue weighted by Gasteiger charge is 2.51. The number of carbonyl (C=O) groups is 2. The van der Waals surface area contributed by atoms with E-state index in [9.17, 15) is 9.59 Å². The SMILES string of the molecule is COc1ccc2cc([C@H](C)C(=O)NNC(=O)CC34CC5CC(CC(C5)C3)C4)ccc2c1. The minimum absolute atomic E-state index is 0.0480. The van der Waals surface area contributed by atoms with E-state index in [2.05, 4.69) is 10.9 Å². The Balaban J connectivity index is 1.18. The van der Waals surface area contributed by atoms with Gasteiger partial charge in [0.15, 0.2) is 0 Å². The molecule has 4 aliphatic rings. The lowest BCUT2D eigenvalue weighted by atomic mass is 9.49. The molecular formula is C26H32N2O3. The molecule has 2 N–H and O–H groups in total. The fourth-order valence-corrected chi connectivity index (χ4v) is 6.92. The number of ether oxygens (including phenoxy) is 1. The number of hydrazine groups is 1. The summed E-state index contributed by atoms with van der Waals surface area (Å²) in [6.45, 7) is 1.87. The zero-order valence-corrected chi connectivity index (χ0v) is 18.4. The number of hydrogen-bond acceptors (Lipinski definition) is 3. The summed E-state index contributed by atoms with van der Waals surface area (Å²) in [5.41, 5.74) is 6.47. The predicted octanol–water partition coefficient (Wildman–Crippen LogP) is 4.71. The summed E-state index contributed by atoms with van der Waals surface area (Å²) in [4.78, 5) is 25.4. The summed E-state index contributed by atoms with van der Waals surface area (Å²) in [6.07, 6.45) is 8.23. The summed E-state index contributed by atoms with van der Waals surface area (Å²) in [5, 5.41) is 2.13. The third-order valence-corrected chi connectivity index (χ3v) is 7.99. The van der Waals surface area contributed by atoms with Crippen molar-refractivity contribution in [1.29, 1.82) is 0 Å². The summed E-state index contributed by atoms with van der Waals surface area (Å²) in [5.74, 6) is 2.68. The van der Waals surface area contributed by atoms with Crippen LogP contribution in [0.1, 0.15) is 63.4 Å². The average Bonchev–Trinajstić information content (AvgIpc) is 2.75. The van der Waals surface area contributed by atoms with Crippen LogP contribution in [0.15, 0.2) is 36.4 Å². The van der Waals surface area contributed by atoms with E-state index in [0.717, 1.165) is 39.8 Å². The molecule has 164 valence electrons. The largest absolute Gasteiger partial charge is 0.497 e. The van der Waals surface area contributed by atoms with E-state index in [0.29, 0.717) is 6.42 Å². The quantitative estimate of drug-likeness (QED) is 0.689. The molecule has 0 heterocycles. The second-order valence-electron chi connectivity index (χ2n) is 10.3. The van der Waals surface area contributed by atoms with Crippen LogP contribution >= 0.6 is 0 Å². The van der Waals surface area contributed by atoms with Gasteiger partial charge in [0.2, 0.25) is 11.8 Å². The van der Waals surface area contributed by atoms with Crippen molar-refractivity contribution in [3.8, 4) is 5.75 Å². The fourth-order valence-electron chi connectivity index (χ4n) is 6.92. The van der Waals surface area contributed by atoms with Crippen LogP contribution < -0.4 is 15.6 Å². The summed E-state index contributed by atoms with van der Waals surface area (Å²) in [6, 6.07) is 11.9. The molecule has 0 unspecified atom stereocenters. The molecule has 0 spiro atoms. The van der Waals surface area contributed by atoms with Crippen LogP contribution in [-0.2, 0) is 9.59 Å². The van der Waals surface area contributed by atoms with Crippen LogP contribution in [0.25, 0.3) is 10.8 Å². The Morgan fingerprint density at radius 2 is 1.58 bits per heavy atom. The van der Waals surface area contributed by atoms with Gasteiger partial charge in [0, 0.05) is 6.42 Å². The maximum Gasteiger partial charge on any atom is 0.245 e. The first-order chi connectivity index (χ1) is 14.9. The summed E-state index contributed by atoms with van der Waals surface area (Å²) < 4.78 is 5.28. The van der Waals surface area contributed by atoms with Crippen LogP contribution in [0.3, 0.4) is 0 Å². The van der Waals surface area contributed by atoms with Crippen molar-refractivity contribution >= 4 is 22.6 Å². The number of nitrogens with one attached hydrogen (secondary N) is 2. The highest BCUT2D eigenvalue weighted by atomic mass is 16.5. The van der Waals surface area contributed by atoms with Gasteiger partial charge in [-0.3, -0.25) is 20.4 Å². The van der Waals surface area contributed by atoms with E-state index in [1.54, 1.807) is 7.11 Å². The van der Waals surface area contributed by atoms with Gasteiger partial charge in [0.1, 0.15) is 5.75 Å². The number of rotatable bonds is 5. The van der Waals surface area contributed by atoms with Crippen molar-refractivity contribution in [1.82, 2.24) is 10.9 Å². The molecule has 0 saturated heterocycles. The Labute approximate surface area is 183 Å². The average molecular weight is 421 g/mol. The molecule has 31 heavy (non-hydrogen) atoms. The lowest BCUT2D eigenvalue weighted by Crippen LogP contribution is -2.50. The molecule has 5 nitrogen and oxygen atoms in total. The molecule has 0 aromatic heterocycles. The molecule has 0 radical (unpaired) electrons. The Kier molecular flexibility index (Phi) is 5.15. The van der Waals surface area contributed by atoms with E-state index in [4.69, 9.17) is 4.74 Å². The lowest BCUT2D eigenvalue weighted by Gasteiger charge is -2.56. The molecule has 5 heteroatoms. The standard InChI is InChI=1S/C26H32N2O3/c1-16(20-3-4-22-11-23(31-2)6-5-21(22)10-20)25(30)28-27-24(29)15-26-12-17-7-18(13-26)9-19(8-17)14-26/h3-6,10-11,16-19H,7-9,12-15H2,1-2H3,(H,27,29)(H,28,30)/t16-,17?,18?,19?,26?/m0/s1.